The van der Waals surface area contributed by atoms with Gasteiger partial charge in [0.2, 0.25) is 0 Å². The Bertz CT molecular complexity index is 319. The van der Waals surface area contributed by atoms with Gasteiger partial charge in [-0.25, -0.2) is 0 Å². The van der Waals surface area contributed by atoms with Crippen molar-refractivity contribution >= 4 is 0 Å². The first-order valence-corrected chi connectivity index (χ1v) is 5.45. The average molecular weight is 208 g/mol. The molecule has 0 radical (unpaired) electrons. The zero-order chi connectivity index (χ0) is 11.3. The summed E-state index contributed by atoms with van der Waals surface area (Å²) < 4.78 is 10.7. The number of rotatable bonds is 5. The van der Waals surface area contributed by atoms with Crippen LogP contribution in [0, 0.1) is 6.92 Å². The number of benzene rings is 1. The lowest BCUT2D eigenvalue weighted by atomic mass is 10.0. The van der Waals surface area contributed by atoms with E-state index >= 15 is 0 Å². The molecule has 0 fully saturated rings. The predicted octanol–water partition coefficient (Wildman–Crippen LogP) is 3.35. The molecule has 0 aromatic heterocycles. The minimum Gasteiger partial charge on any atom is -0.496 e. The molecule has 0 spiro atoms. The summed E-state index contributed by atoms with van der Waals surface area (Å²) in [5.41, 5.74) is 2.37. The van der Waals surface area contributed by atoms with E-state index in [1.165, 1.54) is 18.4 Å². The van der Waals surface area contributed by atoms with Crippen LogP contribution in [0.3, 0.4) is 0 Å². The van der Waals surface area contributed by atoms with Crippen molar-refractivity contribution in [3.05, 3.63) is 23.3 Å². The molecule has 0 saturated carbocycles. The molecule has 0 N–H and O–H groups in total. The number of methoxy groups -OCH3 is 2. The Labute approximate surface area is 92.2 Å². The number of aryl methyl sites for hydroxylation is 1. The Kier molecular flexibility index (Phi) is 4.47. The number of ether oxygens (including phenoxy) is 2. The third-order valence-corrected chi connectivity index (χ3v) is 2.66. The standard InChI is InChI=1S/C13H20O2/c1-5-6-7-11-8-9-12(14-3)10(2)13(11)15-4/h8-9H,5-7H2,1-4H3. The van der Waals surface area contributed by atoms with Gasteiger partial charge in [-0.15, -0.1) is 0 Å². The Morgan fingerprint density at radius 2 is 1.87 bits per heavy atom. The molecule has 0 atom stereocenters. The van der Waals surface area contributed by atoms with Gasteiger partial charge < -0.3 is 9.47 Å². The molecule has 15 heavy (non-hydrogen) atoms. The van der Waals surface area contributed by atoms with Gasteiger partial charge in [-0.1, -0.05) is 19.4 Å². The van der Waals surface area contributed by atoms with E-state index in [1.807, 2.05) is 13.0 Å². The summed E-state index contributed by atoms with van der Waals surface area (Å²) in [5.74, 6) is 1.87. The van der Waals surface area contributed by atoms with Gasteiger partial charge in [0.15, 0.2) is 0 Å². The first kappa shape index (κ1) is 11.9. The van der Waals surface area contributed by atoms with Crippen LogP contribution < -0.4 is 9.47 Å². The first-order valence-electron chi connectivity index (χ1n) is 5.45. The average Bonchev–Trinajstić information content (AvgIpc) is 2.26. The second kappa shape index (κ2) is 5.64. The fourth-order valence-corrected chi connectivity index (χ4v) is 1.80. The zero-order valence-corrected chi connectivity index (χ0v) is 10.1. The topological polar surface area (TPSA) is 18.5 Å². The molecule has 0 aliphatic carbocycles. The summed E-state index contributed by atoms with van der Waals surface area (Å²) in [6.45, 7) is 4.23. The van der Waals surface area contributed by atoms with Gasteiger partial charge in [-0.3, -0.25) is 0 Å². The van der Waals surface area contributed by atoms with Crippen molar-refractivity contribution < 1.29 is 9.47 Å². The molecule has 1 rings (SSSR count). The Hall–Kier alpha value is -1.18. The van der Waals surface area contributed by atoms with Crippen LogP contribution in [0.25, 0.3) is 0 Å². The van der Waals surface area contributed by atoms with Crippen molar-refractivity contribution in [2.75, 3.05) is 14.2 Å². The molecule has 1 aromatic rings. The van der Waals surface area contributed by atoms with Gasteiger partial charge in [-0.05, 0) is 31.4 Å². The second-order valence-corrected chi connectivity index (χ2v) is 3.69. The molecule has 1 aromatic carbocycles. The second-order valence-electron chi connectivity index (χ2n) is 3.69. The Morgan fingerprint density at radius 1 is 1.13 bits per heavy atom. The van der Waals surface area contributed by atoms with E-state index in [0.29, 0.717) is 0 Å². The van der Waals surface area contributed by atoms with Crippen LogP contribution in [0.1, 0.15) is 30.9 Å². The van der Waals surface area contributed by atoms with Crippen LogP contribution in [0.2, 0.25) is 0 Å². The zero-order valence-electron chi connectivity index (χ0n) is 10.1. The van der Waals surface area contributed by atoms with Gasteiger partial charge in [-0.2, -0.15) is 0 Å². The third-order valence-electron chi connectivity index (χ3n) is 2.66. The monoisotopic (exact) mass is 208 g/mol. The van der Waals surface area contributed by atoms with Crippen molar-refractivity contribution in [3.8, 4) is 11.5 Å². The predicted molar refractivity (Wildman–Crippen MR) is 62.9 cm³/mol. The summed E-state index contributed by atoms with van der Waals surface area (Å²) in [6, 6.07) is 4.11. The Balaban J connectivity index is 3.01. The molecule has 0 amide bonds. The lowest BCUT2D eigenvalue weighted by Gasteiger charge is -2.14. The lowest BCUT2D eigenvalue weighted by molar-refractivity contribution is 0.385. The van der Waals surface area contributed by atoms with Gasteiger partial charge in [0.1, 0.15) is 11.5 Å². The minimum atomic E-state index is 0.895. The van der Waals surface area contributed by atoms with Gasteiger partial charge in [0.05, 0.1) is 14.2 Å². The summed E-state index contributed by atoms with van der Waals surface area (Å²) in [6.07, 6.45) is 3.47. The van der Waals surface area contributed by atoms with Crippen molar-refractivity contribution in [2.24, 2.45) is 0 Å². The molecule has 0 unspecified atom stereocenters. The van der Waals surface area contributed by atoms with E-state index < -0.39 is 0 Å². The van der Waals surface area contributed by atoms with Crippen LogP contribution in [0.4, 0.5) is 0 Å². The lowest BCUT2D eigenvalue weighted by Crippen LogP contribution is -1.97. The van der Waals surface area contributed by atoms with Crippen LogP contribution in [-0.2, 0) is 6.42 Å². The molecular formula is C13H20O2. The van der Waals surface area contributed by atoms with Crippen LogP contribution in [0.15, 0.2) is 12.1 Å². The van der Waals surface area contributed by atoms with Gasteiger partial charge >= 0.3 is 0 Å². The highest BCUT2D eigenvalue weighted by Gasteiger charge is 2.10. The summed E-state index contributed by atoms with van der Waals surface area (Å²) in [7, 11) is 3.41. The quantitative estimate of drug-likeness (QED) is 0.738. The fourth-order valence-electron chi connectivity index (χ4n) is 1.80. The van der Waals surface area contributed by atoms with Gasteiger partial charge in [0.25, 0.3) is 0 Å². The smallest absolute Gasteiger partial charge is 0.128 e. The highest BCUT2D eigenvalue weighted by Crippen LogP contribution is 2.31. The molecule has 84 valence electrons. The largest absolute Gasteiger partial charge is 0.496 e. The van der Waals surface area contributed by atoms with Crippen LogP contribution in [-0.4, -0.2) is 14.2 Å². The molecule has 0 aliphatic rings. The highest BCUT2D eigenvalue weighted by molar-refractivity contribution is 5.49. The van der Waals surface area contributed by atoms with E-state index in [4.69, 9.17) is 9.47 Å². The van der Waals surface area contributed by atoms with E-state index in [1.54, 1.807) is 14.2 Å². The molecular weight excluding hydrogens is 188 g/mol. The van der Waals surface area contributed by atoms with Crippen LogP contribution >= 0.6 is 0 Å². The molecule has 2 heteroatoms. The maximum Gasteiger partial charge on any atom is 0.128 e. The SMILES string of the molecule is CCCCc1ccc(OC)c(C)c1OC. The van der Waals surface area contributed by atoms with E-state index in [2.05, 4.69) is 13.0 Å². The normalized spacial score (nSPS) is 10.1. The van der Waals surface area contributed by atoms with E-state index in [-0.39, 0.29) is 0 Å². The summed E-state index contributed by atoms with van der Waals surface area (Å²) in [5, 5.41) is 0. The van der Waals surface area contributed by atoms with Crippen molar-refractivity contribution in [3.63, 3.8) is 0 Å². The fraction of sp³-hybridized carbons (Fsp3) is 0.538. The summed E-state index contributed by atoms with van der Waals surface area (Å²) in [4.78, 5) is 0. The highest BCUT2D eigenvalue weighted by atomic mass is 16.5. The van der Waals surface area contributed by atoms with Gasteiger partial charge in [0, 0.05) is 5.56 Å². The first-order chi connectivity index (χ1) is 7.24. The molecule has 0 bridgehead atoms. The number of hydrogen-bond donors (Lipinski definition) is 0. The minimum absolute atomic E-state index is 0.895. The van der Waals surface area contributed by atoms with E-state index in [9.17, 15) is 0 Å². The molecule has 0 heterocycles. The third kappa shape index (κ3) is 2.65. The molecule has 2 nitrogen and oxygen atoms in total. The van der Waals surface area contributed by atoms with Crippen molar-refractivity contribution in [2.45, 2.75) is 33.1 Å². The van der Waals surface area contributed by atoms with E-state index in [0.717, 1.165) is 23.5 Å². The van der Waals surface area contributed by atoms with Crippen LogP contribution in [0.5, 0.6) is 11.5 Å². The summed E-state index contributed by atoms with van der Waals surface area (Å²) >= 11 is 0. The van der Waals surface area contributed by atoms with Crippen molar-refractivity contribution in [1.29, 1.82) is 0 Å². The molecule has 0 aliphatic heterocycles. The number of unbranched alkanes of at least 4 members (excludes halogenated alkanes) is 1. The Morgan fingerprint density at radius 3 is 2.40 bits per heavy atom. The van der Waals surface area contributed by atoms with Crippen molar-refractivity contribution in [1.82, 2.24) is 0 Å². The maximum atomic E-state index is 5.44. The maximum absolute atomic E-state index is 5.44. The molecule has 0 saturated heterocycles. The number of hydrogen-bond acceptors (Lipinski definition) is 2.